The van der Waals surface area contributed by atoms with Crippen molar-refractivity contribution in [2.75, 3.05) is 27.6 Å². The molecule has 5 nitrogen and oxygen atoms in total. The molecule has 2 aromatic carbocycles. The third-order valence-corrected chi connectivity index (χ3v) is 8.17. The van der Waals surface area contributed by atoms with Gasteiger partial charge in [-0.2, -0.15) is 0 Å². The average molecular weight is 477 g/mol. The van der Waals surface area contributed by atoms with E-state index in [2.05, 4.69) is 43.3 Å². The Hall–Kier alpha value is -1.69. The molecule has 0 saturated carbocycles. The minimum atomic E-state index is -0.470. The van der Waals surface area contributed by atoms with Gasteiger partial charge >= 0.3 is 185 Å². The van der Waals surface area contributed by atoms with Crippen LogP contribution in [0.25, 0.3) is 0 Å². The first-order chi connectivity index (χ1) is 14.6. The van der Waals surface area contributed by atoms with Crippen molar-refractivity contribution >= 4 is 25.4 Å². The van der Waals surface area contributed by atoms with Gasteiger partial charge in [-0.1, -0.05) is 0 Å². The molecule has 2 aromatic rings. The average Bonchev–Trinajstić information content (AvgIpc) is 3.25. The zero-order valence-electron chi connectivity index (χ0n) is 17.8. The van der Waals surface area contributed by atoms with Crippen molar-refractivity contribution in [3.8, 4) is 0 Å². The van der Waals surface area contributed by atoms with Crippen LogP contribution in [-0.2, 0) is 29.3 Å². The fourth-order valence-corrected chi connectivity index (χ4v) is 6.59. The minimum absolute atomic E-state index is 0.00279. The molecule has 0 bridgehead atoms. The standard InChI is InChI=1S/C24H30O5Se/c1-4-21(28-17-26-2)20-12-8-9-13-22(20)30-16-24(19-10-6-5-7-11-19)14-18(15-29-24)23(25)27-3/h5-13,18,21H,4,14-17H2,1-3H3/t18?,21-,24?/m0/s1. The van der Waals surface area contributed by atoms with Gasteiger partial charge in [-0.25, -0.2) is 0 Å². The molecule has 1 aliphatic heterocycles. The Balaban J connectivity index is 1.83. The van der Waals surface area contributed by atoms with E-state index in [1.807, 2.05) is 18.2 Å². The monoisotopic (exact) mass is 478 g/mol. The molecule has 1 saturated heterocycles. The predicted molar refractivity (Wildman–Crippen MR) is 117 cm³/mol. The van der Waals surface area contributed by atoms with E-state index in [9.17, 15) is 4.79 Å². The second-order valence-corrected chi connectivity index (χ2v) is 9.53. The summed E-state index contributed by atoms with van der Waals surface area (Å²) in [4.78, 5) is 12.2. The van der Waals surface area contributed by atoms with Gasteiger partial charge in [-0.05, 0) is 0 Å². The predicted octanol–water partition coefficient (Wildman–Crippen LogP) is 3.61. The van der Waals surface area contributed by atoms with Gasteiger partial charge in [0, 0.05) is 0 Å². The topological polar surface area (TPSA) is 54.0 Å². The zero-order valence-corrected chi connectivity index (χ0v) is 19.5. The summed E-state index contributed by atoms with van der Waals surface area (Å²) in [5.41, 5.74) is 1.86. The Bertz CT molecular complexity index is 812. The van der Waals surface area contributed by atoms with Crippen LogP contribution in [0.1, 0.15) is 37.0 Å². The van der Waals surface area contributed by atoms with Crippen molar-refractivity contribution in [1.29, 1.82) is 0 Å². The summed E-state index contributed by atoms with van der Waals surface area (Å²) in [6.07, 6.45) is 1.52. The van der Waals surface area contributed by atoms with E-state index in [0.29, 0.717) is 13.0 Å². The summed E-state index contributed by atoms with van der Waals surface area (Å²) < 4.78 is 23.6. The number of esters is 1. The van der Waals surface area contributed by atoms with Gasteiger partial charge < -0.3 is 0 Å². The Kier molecular flexibility index (Phi) is 8.49. The number of ether oxygens (including phenoxy) is 4. The Morgan fingerprint density at radius 3 is 2.60 bits per heavy atom. The molecule has 3 rings (SSSR count). The number of benzene rings is 2. The molecule has 1 heterocycles. The third-order valence-electron chi connectivity index (χ3n) is 5.46. The van der Waals surface area contributed by atoms with Crippen LogP contribution in [0.3, 0.4) is 0 Å². The van der Waals surface area contributed by atoms with Crippen LogP contribution < -0.4 is 4.46 Å². The van der Waals surface area contributed by atoms with Crippen molar-refractivity contribution in [3.63, 3.8) is 0 Å². The normalized spacial score (nSPS) is 22.0. The summed E-state index contributed by atoms with van der Waals surface area (Å²) in [7, 11) is 3.08. The van der Waals surface area contributed by atoms with Crippen molar-refractivity contribution in [1.82, 2.24) is 0 Å². The molecule has 0 aromatic heterocycles. The van der Waals surface area contributed by atoms with Crippen LogP contribution in [0.5, 0.6) is 0 Å². The van der Waals surface area contributed by atoms with Crippen LogP contribution in [0.4, 0.5) is 0 Å². The zero-order chi connectivity index (χ0) is 21.4. The molecule has 1 aliphatic rings. The van der Waals surface area contributed by atoms with Gasteiger partial charge in [0.05, 0.1) is 0 Å². The maximum absolute atomic E-state index is 12.2. The van der Waals surface area contributed by atoms with E-state index >= 15 is 0 Å². The molecule has 0 spiro atoms. The van der Waals surface area contributed by atoms with Crippen molar-refractivity contribution in [2.24, 2.45) is 5.92 Å². The van der Waals surface area contributed by atoms with E-state index in [1.54, 1.807) is 7.11 Å². The van der Waals surface area contributed by atoms with Gasteiger partial charge in [-0.15, -0.1) is 0 Å². The van der Waals surface area contributed by atoms with Gasteiger partial charge in [0.2, 0.25) is 0 Å². The fraction of sp³-hybridized carbons (Fsp3) is 0.458. The summed E-state index contributed by atoms with van der Waals surface area (Å²) in [5.74, 6) is -0.422. The number of hydrogen-bond acceptors (Lipinski definition) is 5. The number of methoxy groups -OCH3 is 2. The summed E-state index contributed by atoms with van der Waals surface area (Å²) in [6.45, 7) is 2.79. The third kappa shape index (κ3) is 5.32. The van der Waals surface area contributed by atoms with Gasteiger partial charge in [0.1, 0.15) is 0 Å². The van der Waals surface area contributed by atoms with Crippen LogP contribution in [-0.4, -0.2) is 48.5 Å². The number of carbonyl (C=O) groups is 1. The summed E-state index contributed by atoms with van der Waals surface area (Å²) >= 11 is 0.140. The number of carbonyl (C=O) groups excluding carboxylic acids is 1. The molecule has 162 valence electrons. The van der Waals surface area contributed by atoms with Crippen molar-refractivity contribution < 1.29 is 23.7 Å². The van der Waals surface area contributed by atoms with Crippen LogP contribution in [0.15, 0.2) is 54.6 Å². The fourth-order valence-electron chi connectivity index (χ4n) is 3.87. The van der Waals surface area contributed by atoms with Gasteiger partial charge in [-0.3, -0.25) is 0 Å². The molecule has 30 heavy (non-hydrogen) atoms. The molecule has 6 heteroatoms. The first-order valence-corrected chi connectivity index (χ1v) is 12.3. The number of hydrogen-bond donors (Lipinski definition) is 0. The molecule has 0 radical (unpaired) electrons. The Morgan fingerprint density at radius 2 is 1.90 bits per heavy atom. The van der Waals surface area contributed by atoms with Crippen LogP contribution in [0, 0.1) is 5.92 Å². The van der Waals surface area contributed by atoms with Gasteiger partial charge in [0.25, 0.3) is 0 Å². The van der Waals surface area contributed by atoms with E-state index < -0.39 is 5.60 Å². The van der Waals surface area contributed by atoms with Crippen molar-refractivity contribution in [3.05, 3.63) is 65.7 Å². The Morgan fingerprint density at radius 1 is 1.17 bits per heavy atom. The first kappa shape index (κ1) is 23.0. The molecule has 3 atom stereocenters. The molecular weight excluding hydrogens is 447 g/mol. The van der Waals surface area contributed by atoms with E-state index in [1.165, 1.54) is 17.1 Å². The second-order valence-electron chi connectivity index (χ2n) is 7.39. The van der Waals surface area contributed by atoms with E-state index in [4.69, 9.17) is 18.9 Å². The van der Waals surface area contributed by atoms with E-state index in [0.717, 1.165) is 17.3 Å². The summed E-state index contributed by atoms with van der Waals surface area (Å²) in [5, 5.41) is 0.842. The quantitative estimate of drug-likeness (QED) is 0.297. The molecule has 2 unspecified atom stereocenters. The second kappa shape index (κ2) is 11.1. The maximum atomic E-state index is 12.2. The SMILES string of the molecule is CC[C@H](OCOC)c1ccccc1[Se]CC1(c2ccccc2)CC(C(=O)OC)CO1. The van der Waals surface area contributed by atoms with Gasteiger partial charge in [0.15, 0.2) is 0 Å². The van der Waals surface area contributed by atoms with E-state index in [-0.39, 0.29) is 39.7 Å². The molecule has 1 fully saturated rings. The van der Waals surface area contributed by atoms with Crippen LogP contribution >= 0.6 is 0 Å². The number of rotatable bonds is 10. The first-order valence-electron chi connectivity index (χ1n) is 10.2. The molecular formula is C24H30O5Se. The van der Waals surface area contributed by atoms with Crippen LogP contribution in [0.2, 0.25) is 5.32 Å². The summed E-state index contributed by atoms with van der Waals surface area (Å²) in [6, 6.07) is 18.7. The molecule has 0 amide bonds. The van der Waals surface area contributed by atoms with Crippen molar-refractivity contribution in [2.45, 2.75) is 36.8 Å². The molecule has 0 N–H and O–H groups in total. The Labute approximate surface area is 185 Å². The molecule has 0 aliphatic carbocycles.